The number of nitrogens with one attached hydrogen (secondary N) is 1. The van der Waals surface area contributed by atoms with E-state index >= 15 is 0 Å². The summed E-state index contributed by atoms with van der Waals surface area (Å²) >= 11 is 0. The maximum atomic E-state index is 12.8. The Balaban J connectivity index is 1.81. The average Bonchev–Trinajstić information content (AvgIpc) is 3.00. The van der Waals surface area contributed by atoms with Crippen molar-refractivity contribution in [2.45, 2.75) is 26.7 Å². The number of hydrogen-bond donors (Lipinski definition) is 1. The zero-order valence-electron chi connectivity index (χ0n) is 15.8. The molecule has 138 valence electrons. The van der Waals surface area contributed by atoms with Crippen molar-refractivity contribution in [1.29, 1.82) is 0 Å². The number of nitrogens with zero attached hydrogens (tertiary/aromatic N) is 2. The van der Waals surface area contributed by atoms with Gasteiger partial charge in [0.2, 0.25) is 0 Å². The molecule has 1 aliphatic rings. The molecule has 0 aliphatic heterocycles. The van der Waals surface area contributed by atoms with Crippen LogP contribution in [0.4, 0.5) is 11.5 Å². The molecule has 0 saturated heterocycles. The van der Waals surface area contributed by atoms with E-state index in [1.54, 1.807) is 7.11 Å². The van der Waals surface area contributed by atoms with Gasteiger partial charge in [0, 0.05) is 12.1 Å². The molecular weight excluding hydrogens is 338 g/mol. The van der Waals surface area contributed by atoms with Gasteiger partial charge in [-0.2, -0.15) is 0 Å². The summed E-state index contributed by atoms with van der Waals surface area (Å²) in [5.74, 6) is 1.88. The van der Waals surface area contributed by atoms with E-state index in [0.717, 1.165) is 34.8 Å². The maximum absolute atomic E-state index is 12.8. The van der Waals surface area contributed by atoms with Gasteiger partial charge in [-0.3, -0.25) is 4.79 Å². The van der Waals surface area contributed by atoms with Crippen molar-refractivity contribution in [1.82, 2.24) is 9.78 Å². The van der Waals surface area contributed by atoms with Crippen molar-refractivity contribution < 1.29 is 9.53 Å². The van der Waals surface area contributed by atoms with Gasteiger partial charge in [-0.15, -0.1) is 5.10 Å². The Hall–Kier alpha value is -3.08. The fourth-order valence-electron chi connectivity index (χ4n) is 3.64. The Bertz CT molecular complexity index is 989. The lowest BCUT2D eigenvalue weighted by atomic mass is 9.87. The molecule has 0 unspecified atom stereocenters. The highest BCUT2D eigenvalue weighted by Gasteiger charge is 2.31. The van der Waals surface area contributed by atoms with Gasteiger partial charge >= 0.3 is 0 Å². The second kappa shape index (κ2) is 6.91. The van der Waals surface area contributed by atoms with Crippen LogP contribution in [-0.2, 0) is 6.42 Å². The summed E-state index contributed by atoms with van der Waals surface area (Å²) in [6, 6.07) is 15.8. The van der Waals surface area contributed by atoms with Gasteiger partial charge in [-0.05, 0) is 61.2 Å². The molecule has 0 spiro atoms. The van der Waals surface area contributed by atoms with E-state index in [4.69, 9.17) is 9.84 Å². The molecule has 27 heavy (non-hydrogen) atoms. The van der Waals surface area contributed by atoms with Crippen LogP contribution in [0.25, 0.3) is 5.69 Å². The van der Waals surface area contributed by atoms with Crippen LogP contribution < -0.4 is 10.1 Å². The number of carbonyl (C=O) groups is 1. The number of hydrogen-bond acceptors (Lipinski definition) is 4. The van der Waals surface area contributed by atoms with Crippen molar-refractivity contribution in [3.63, 3.8) is 0 Å². The summed E-state index contributed by atoms with van der Waals surface area (Å²) in [6.07, 6.45) is 1.39. The molecule has 0 bridgehead atoms. The molecule has 1 N–H and O–H groups in total. The molecule has 1 aromatic heterocycles. The normalized spacial score (nSPS) is 16.1. The predicted octanol–water partition coefficient (Wildman–Crippen LogP) is 4.70. The first-order valence-corrected chi connectivity index (χ1v) is 9.18. The van der Waals surface area contributed by atoms with Gasteiger partial charge in [-0.25, -0.2) is 4.68 Å². The van der Waals surface area contributed by atoms with Crippen LogP contribution in [-0.4, -0.2) is 22.7 Å². The van der Waals surface area contributed by atoms with Gasteiger partial charge in [-0.1, -0.05) is 19.1 Å². The minimum atomic E-state index is 0.152. The van der Waals surface area contributed by atoms with Gasteiger partial charge in [0.25, 0.3) is 0 Å². The third kappa shape index (κ3) is 3.33. The smallest absolute Gasteiger partial charge is 0.168 e. The number of rotatable bonds is 4. The quantitative estimate of drug-likeness (QED) is 0.732. The molecule has 1 aliphatic carbocycles. The monoisotopic (exact) mass is 361 g/mol. The number of ketones is 1. The molecule has 4 rings (SSSR count). The van der Waals surface area contributed by atoms with Crippen LogP contribution in [0.3, 0.4) is 0 Å². The minimum Gasteiger partial charge on any atom is -0.497 e. The summed E-state index contributed by atoms with van der Waals surface area (Å²) in [5.41, 5.74) is 4.70. The Morgan fingerprint density at radius 3 is 2.63 bits per heavy atom. The summed E-state index contributed by atoms with van der Waals surface area (Å²) in [4.78, 5) is 12.8. The van der Waals surface area contributed by atoms with Crippen molar-refractivity contribution in [3.05, 3.63) is 65.4 Å². The number of methoxy groups -OCH3 is 1. The Morgan fingerprint density at radius 2 is 1.93 bits per heavy atom. The van der Waals surface area contributed by atoms with Crippen molar-refractivity contribution >= 4 is 17.3 Å². The highest BCUT2D eigenvalue weighted by atomic mass is 16.5. The number of aromatic nitrogens is 2. The molecular formula is C22H23N3O2. The molecule has 1 atom stereocenters. The highest BCUT2D eigenvalue weighted by molar-refractivity contribution is 6.03. The highest BCUT2D eigenvalue weighted by Crippen LogP contribution is 2.34. The zero-order chi connectivity index (χ0) is 19.0. The van der Waals surface area contributed by atoms with Crippen LogP contribution in [0.1, 0.15) is 35.0 Å². The molecule has 2 aromatic carbocycles. The van der Waals surface area contributed by atoms with E-state index in [1.165, 1.54) is 0 Å². The van der Waals surface area contributed by atoms with Gasteiger partial charge in [0.05, 0.1) is 24.1 Å². The van der Waals surface area contributed by atoms with E-state index in [-0.39, 0.29) is 5.78 Å². The third-order valence-corrected chi connectivity index (χ3v) is 4.93. The van der Waals surface area contributed by atoms with Crippen LogP contribution in [0.2, 0.25) is 0 Å². The fraction of sp³-hybridized carbons (Fsp3) is 0.273. The van der Waals surface area contributed by atoms with Gasteiger partial charge in [0.1, 0.15) is 5.75 Å². The SMILES string of the molecule is COc1ccc(-n2nc(Nc3cccc(C)c3)c3c2C[C@@H](C)CC3=O)cc1. The predicted molar refractivity (Wildman–Crippen MR) is 106 cm³/mol. The topological polar surface area (TPSA) is 56.1 Å². The van der Waals surface area contributed by atoms with E-state index in [9.17, 15) is 4.79 Å². The number of aryl methyl sites for hydroxylation is 1. The zero-order valence-corrected chi connectivity index (χ0v) is 15.8. The largest absolute Gasteiger partial charge is 0.497 e. The molecule has 5 heteroatoms. The van der Waals surface area contributed by atoms with E-state index in [0.29, 0.717) is 23.7 Å². The first kappa shape index (κ1) is 17.3. The average molecular weight is 361 g/mol. The van der Waals surface area contributed by atoms with Crippen molar-refractivity contribution in [2.24, 2.45) is 5.92 Å². The molecule has 3 aromatic rings. The molecule has 1 heterocycles. The third-order valence-electron chi connectivity index (χ3n) is 4.93. The number of ether oxygens (including phenoxy) is 1. The van der Waals surface area contributed by atoms with E-state index < -0.39 is 0 Å². The van der Waals surface area contributed by atoms with Crippen LogP contribution >= 0.6 is 0 Å². The standard InChI is InChI=1S/C22H23N3O2/c1-14-5-4-6-16(11-14)23-22-21-19(12-15(2)13-20(21)26)25(24-22)17-7-9-18(27-3)10-8-17/h4-11,15H,12-13H2,1-3H3,(H,23,24)/t15-/m1/s1. The Kier molecular flexibility index (Phi) is 4.44. The second-order valence-corrected chi connectivity index (χ2v) is 7.21. The minimum absolute atomic E-state index is 0.152. The summed E-state index contributed by atoms with van der Waals surface area (Å²) < 4.78 is 7.14. The number of benzene rings is 2. The van der Waals surface area contributed by atoms with E-state index in [2.05, 4.69) is 18.3 Å². The lowest BCUT2D eigenvalue weighted by molar-refractivity contribution is 0.0953. The van der Waals surface area contributed by atoms with Crippen molar-refractivity contribution in [2.75, 3.05) is 12.4 Å². The van der Waals surface area contributed by atoms with Crippen LogP contribution in [0.15, 0.2) is 48.5 Å². The number of fused-ring (bicyclic) bond motifs is 1. The van der Waals surface area contributed by atoms with Crippen LogP contribution in [0, 0.1) is 12.8 Å². The molecule has 0 fully saturated rings. The van der Waals surface area contributed by atoms with Crippen molar-refractivity contribution in [3.8, 4) is 11.4 Å². The molecule has 0 amide bonds. The van der Waals surface area contributed by atoms with Gasteiger partial charge in [0.15, 0.2) is 11.6 Å². The summed E-state index contributed by atoms with van der Waals surface area (Å²) in [7, 11) is 1.65. The van der Waals surface area contributed by atoms with E-state index in [1.807, 2.05) is 54.1 Å². The first-order valence-electron chi connectivity index (χ1n) is 9.18. The number of Topliss-reactive ketones (excluding diaryl/α,β-unsaturated/α-hetero) is 1. The summed E-state index contributed by atoms with van der Waals surface area (Å²) in [5, 5.41) is 8.12. The first-order chi connectivity index (χ1) is 13.0. The molecule has 0 saturated carbocycles. The lowest BCUT2D eigenvalue weighted by Crippen LogP contribution is -2.19. The lowest BCUT2D eigenvalue weighted by Gasteiger charge is -2.19. The Morgan fingerprint density at radius 1 is 1.15 bits per heavy atom. The molecule has 5 nitrogen and oxygen atoms in total. The molecule has 0 radical (unpaired) electrons. The maximum Gasteiger partial charge on any atom is 0.168 e. The Labute approximate surface area is 159 Å². The fourth-order valence-corrected chi connectivity index (χ4v) is 3.64. The number of anilines is 2. The number of carbonyl (C=O) groups excluding carboxylic acids is 1. The van der Waals surface area contributed by atoms with Gasteiger partial charge < -0.3 is 10.1 Å². The summed E-state index contributed by atoms with van der Waals surface area (Å²) in [6.45, 7) is 4.16. The second-order valence-electron chi connectivity index (χ2n) is 7.21. The van der Waals surface area contributed by atoms with Crippen LogP contribution in [0.5, 0.6) is 5.75 Å².